The summed E-state index contributed by atoms with van der Waals surface area (Å²) in [5.74, 6) is 0.114. The molecular formula is C18H13FN4O3S. The normalized spacial score (nSPS) is 12.9. The van der Waals surface area contributed by atoms with Crippen LogP contribution in [0.1, 0.15) is 10.4 Å². The third kappa shape index (κ3) is 3.68. The molecular weight excluding hydrogens is 371 g/mol. The van der Waals surface area contributed by atoms with Gasteiger partial charge >= 0.3 is 0 Å². The minimum atomic E-state index is -0.403. The lowest BCUT2D eigenvalue weighted by atomic mass is 10.1. The molecule has 2 heterocycles. The van der Waals surface area contributed by atoms with Crippen LogP contribution in [0, 0.1) is 5.82 Å². The summed E-state index contributed by atoms with van der Waals surface area (Å²) < 4.78 is 19.1. The number of benzene rings is 2. The maximum absolute atomic E-state index is 13.8. The van der Waals surface area contributed by atoms with E-state index in [9.17, 15) is 14.0 Å². The third-order valence-electron chi connectivity index (χ3n) is 3.86. The maximum Gasteiger partial charge on any atom is 0.262 e. The van der Waals surface area contributed by atoms with Gasteiger partial charge in [-0.2, -0.15) is 0 Å². The van der Waals surface area contributed by atoms with Crippen molar-refractivity contribution in [2.75, 3.05) is 17.7 Å². The number of fused-ring (bicyclic) bond motifs is 1. The van der Waals surface area contributed by atoms with Gasteiger partial charge in [-0.15, -0.1) is 5.10 Å². The molecule has 136 valence electrons. The topological polar surface area (TPSA) is 97.0 Å². The lowest BCUT2D eigenvalue weighted by Gasteiger charge is -2.18. The molecule has 0 radical (unpaired) electrons. The number of Topliss-reactive ketones (excluding diaryl/α,β-unsaturated/α-hetero) is 1. The fourth-order valence-corrected chi connectivity index (χ4v) is 3.25. The van der Waals surface area contributed by atoms with Crippen LogP contribution in [-0.2, 0) is 4.79 Å². The highest BCUT2D eigenvalue weighted by atomic mass is 32.2. The van der Waals surface area contributed by atoms with Crippen molar-refractivity contribution in [2.45, 2.75) is 5.16 Å². The summed E-state index contributed by atoms with van der Waals surface area (Å²) in [4.78, 5) is 28.0. The molecule has 0 aliphatic carbocycles. The summed E-state index contributed by atoms with van der Waals surface area (Å²) in [6, 6.07) is 11.1. The van der Waals surface area contributed by atoms with E-state index >= 15 is 0 Å². The van der Waals surface area contributed by atoms with Crippen molar-refractivity contribution in [1.29, 1.82) is 0 Å². The Morgan fingerprint density at radius 1 is 1.26 bits per heavy atom. The van der Waals surface area contributed by atoms with Gasteiger partial charge in [-0.3, -0.25) is 14.7 Å². The molecule has 3 aromatic rings. The number of nitrogens with one attached hydrogen (secondary N) is 2. The molecule has 1 aliphatic rings. The molecule has 2 aromatic carbocycles. The predicted molar refractivity (Wildman–Crippen MR) is 97.4 cm³/mol. The van der Waals surface area contributed by atoms with Crippen molar-refractivity contribution in [3.05, 3.63) is 53.8 Å². The molecule has 1 aromatic heterocycles. The first-order chi connectivity index (χ1) is 13.1. The number of hydrogen-bond acceptors (Lipinski definition) is 6. The van der Waals surface area contributed by atoms with E-state index in [0.717, 1.165) is 11.8 Å². The molecule has 1 amide bonds. The zero-order chi connectivity index (χ0) is 18.8. The second-order valence-corrected chi connectivity index (χ2v) is 6.65. The molecule has 27 heavy (non-hydrogen) atoms. The number of H-pyrrole nitrogens is 1. The number of aromatic amines is 1. The predicted octanol–water partition coefficient (Wildman–Crippen LogP) is 2.92. The van der Waals surface area contributed by atoms with Gasteiger partial charge in [0.2, 0.25) is 5.16 Å². The summed E-state index contributed by atoms with van der Waals surface area (Å²) in [7, 11) is 0. The number of rotatable bonds is 5. The average molecular weight is 384 g/mol. The van der Waals surface area contributed by atoms with E-state index in [1.807, 2.05) is 0 Å². The van der Waals surface area contributed by atoms with E-state index in [-0.39, 0.29) is 24.1 Å². The Kier molecular flexibility index (Phi) is 4.59. The third-order valence-corrected chi connectivity index (χ3v) is 4.71. The average Bonchev–Trinajstić information content (AvgIpc) is 3.14. The van der Waals surface area contributed by atoms with Gasteiger partial charge in [0.15, 0.2) is 18.2 Å². The number of ketones is 1. The fraction of sp³-hybridized carbons (Fsp3) is 0.111. The quantitative estimate of drug-likeness (QED) is 0.519. The number of halogens is 1. The van der Waals surface area contributed by atoms with Gasteiger partial charge in [-0.25, -0.2) is 9.37 Å². The monoisotopic (exact) mass is 384 g/mol. The maximum atomic E-state index is 13.8. The number of anilines is 1. The largest absolute Gasteiger partial charge is 0.482 e. The van der Waals surface area contributed by atoms with Crippen LogP contribution in [0.5, 0.6) is 5.75 Å². The van der Waals surface area contributed by atoms with Gasteiger partial charge in [0, 0.05) is 5.56 Å². The van der Waals surface area contributed by atoms with Gasteiger partial charge in [-0.05, 0) is 30.3 Å². The van der Waals surface area contributed by atoms with Gasteiger partial charge < -0.3 is 10.1 Å². The van der Waals surface area contributed by atoms with Crippen molar-refractivity contribution in [2.24, 2.45) is 0 Å². The Bertz CT molecular complexity index is 1040. The molecule has 7 nitrogen and oxygen atoms in total. The molecule has 0 fully saturated rings. The molecule has 2 N–H and O–H groups in total. The number of nitrogens with zero attached hydrogens (tertiary/aromatic N) is 2. The Labute approximate surface area is 157 Å². The first kappa shape index (κ1) is 17.2. The smallest absolute Gasteiger partial charge is 0.262 e. The van der Waals surface area contributed by atoms with Crippen molar-refractivity contribution >= 4 is 29.1 Å². The van der Waals surface area contributed by atoms with E-state index in [1.165, 1.54) is 6.07 Å². The number of hydrogen-bond donors (Lipinski definition) is 2. The van der Waals surface area contributed by atoms with Crippen LogP contribution >= 0.6 is 11.8 Å². The Balaban J connectivity index is 1.44. The molecule has 0 spiro atoms. The summed E-state index contributed by atoms with van der Waals surface area (Å²) in [6.07, 6.45) is 0. The van der Waals surface area contributed by atoms with E-state index in [4.69, 9.17) is 4.74 Å². The van der Waals surface area contributed by atoms with E-state index in [2.05, 4.69) is 20.5 Å². The summed E-state index contributed by atoms with van der Waals surface area (Å²) in [5, 5.41) is 9.70. The van der Waals surface area contributed by atoms with E-state index < -0.39 is 5.82 Å². The van der Waals surface area contributed by atoms with Crippen LogP contribution in [0.25, 0.3) is 11.4 Å². The van der Waals surface area contributed by atoms with Gasteiger partial charge in [-0.1, -0.05) is 23.9 Å². The zero-order valence-corrected chi connectivity index (χ0v) is 14.7. The van der Waals surface area contributed by atoms with Crippen LogP contribution in [0.4, 0.5) is 10.1 Å². The van der Waals surface area contributed by atoms with Crippen LogP contribution in [0.2, 0.25) is 0 Å². The molecule has 0 saturated heterocycles. The summed E-state index contributed by atoms with van der Waals surface area (Å²) >= 11 is 1.14. The van der Waals surface area contributed by atoms with Gasteiger partial charge in [0.05, 0.1) is 17.0 Å². The summed E-state index contributed by atoms with van der Waals surface area (Å²) in [5.41, 5.74) is 1.23. The second-order valence-electron chi connectivity index (χ2n) is 5.71. The first-order valence-electron chi connectivity index (χ1n) is 8.00. The van der Waals surface area contributed by atoms with Crippen molar-refractivity contribution in [3.63, 3.8) is 0 Å². The molecule has 0 bridgehead atoms. The Morgan fingerprint density at radius 3 is 2.96 bits per heavy atom. The zero-order valence-electron chi connectivity index (χ0n) is 13.9. The SMILES string of the molecule is O=C1COc2ccc(C(=O)CSc3n[nH]c(-c4ccccc4F)n3)cc2N1. The summed E-state index contributed by atoms with van der Waals surface area (Å²) in [6.45, 7) is -0.0364. The minimum absolute atomic E-state index is 0.0364. The van der Waals surface area contributed by atoms with Crippen molar-refractivity contribution in [1.82, 2.24) is 15.2 Å². The van der Waals surface area contributed by atoms with Gasteiger partial charge in [0.25, 0.3) is 5.91 Å². The molecule has 1 aliphatic heterocycles. The number of amides is 1. The van der Waals surface area contributed by atoms with Crippen LogP contribution < -0.4 is 10.1 Å². The Morgan fingerprint density at radius 2 is 2.11 bits per heavy atom. The second kappa shape index (κ2) is 7.20. The van der Waals surface area contributed by atoms with E-state index in [0.29, 0.717) is 33.5 Å². The highest BCUT2D eigenvalue weighted by molar-refractivity contribution is 7.99. The lowest BCUT2D eigenvalue weighted by molar-refractivity contribution is -0.118. The number of thioether (sulfide) groups is 1. The van der Waals surface area contributed by atoms with Crippen LogP contribution in [-0.4, -0.2) is 39.2 Å². The van der Waals surface area contributed by atoms with Crippen molar-refractivity contribution in [3.8, 4) is 17.1 Å². The van der Waals surface area contributed by atoms with E-state index in [1.54, 1.807) is 36.4 Å². The highest BCUT2D eigenvalue weighted by Crippen LogP contribution is 2.29. The number of carbonyl (C=O) groups excluding carboxylic acids is 2. The van der Waals surface area contributed by atoms with Gasteiger partial charge in [0.1, 0.15) is 11.6 Å². The number of ether oxygens (including phenoxy) is 1. The fourth-order valence-electron chi connectivity index (χ4n) is 2.55. The first-order valence-corrected chi connectivity index (χ1v) is 8.99. The van der Waals surface area contributed by atoms with Crippen LogP contribution in [0.15, 0.2) is 47.6 Å². The molecule has 9 heteroatoms. The lowest BCUT2D eigenvalue weighted by Crippen LogP contribution is -2.25. The molecule has 0 saturated carbocycles. The molecule has 0 atom stereocenters. The number of carbonyl (C=O) groups is 2. The Hall–Kier alpha value is -3.20. The highest BCUT2D eigenvalue weighted by Gasteiger charge is 2.18. The standard InChI is InChI=1S/C18H13FN4O3S/c19-12-4-2-1-3-11(12)17-21-18(23-22-17)27-9-14(24)10-5-6-15-13(7-10)20-16(25)8-26-15/h1-7H,8-9H2,(H,20,25)(H,21,22,23). The number of aromatic nitrogens is 3. The van der Waals surface area contributed by atoms with Crippen molar-refractivity contribution < 1.29 is 18.7 Å². The van der Waals surface area contributed by atoms with Crippen LogP contribution in [0.3, 0.4) is 0 Å². The molecule has 4 rings (SSSR count). The molecule has 0 unspecified atom stereocenters. The minimum Gasteiger partial charge on any atom is -0.482 e.